The van der Waals surface area contributed by atoms with Gasteiger partial charge in [-0.05, 0) is 25.2 Å². The Balaban J connectivity index is 2.20. The Morgan fingerprint density at radius 1 is 1.22 bits per heavy atom. The zero-order chi connectivity index (χ0) is 13.1. The molecule has 1 heterocycles. The van der Waals surface area contributed by atoms with Crippen molar-refractivity contribution in [3.8, 4) is 0 Å². The number of amides is 2. The molecule has 2 amide bonds. The van der Waals surface area contributed by atoms with E-state index >= 15 is 0 Å². The molecule has 1 aliphatic heterocycles. The Hall–Kier alpha value is -1.06. The summed E-state index contributed by atoms with van der Waals surface area (Å²) in [6, 6.07) is 0.00722. The molecular weight excluding hydrogens is 228 g/mol. The van der Waals surface area contributed by atoms with Crippen LogP contribution in [0.15, 0.2) is 0 Å². The molecule has 18 heavy (non-hydrogen) atoms. The molecule has 0 aromatic heterocycles. The molecule has 2 aliphatic rings. The number of piperazine rings is 1. The van der Waals surface area contributed by atoms with Gasteiger partial charge in [-0.3, -0.25) is 9.59 Å². The van der Waals surface area contributed by atoms with Crippen LogP contribution in [0.25, 0.3) is 0 Å². The number of nitrogens with zero attached hydrogens (tertiary/aromatic N) is 1. The van der Waals surface area contributed by atoms with Crippen LogP contribution in [0.4, 0.5) is 0 Å². The third-order valence-corrected chi connectivity index (χ3v) is 4.40. The fourth-order valence-electron chi connectivity index (χ4n) is 3.36. The highest BCUT2D eigenvalue weighted by molar-refractivity contribution is 5.95. The Bertz CT molecular complexity index is 330. The van der Waals surface area contributed by atoms with E-state index in [2.05, 4.69) is 12.2 Å². The second kappa shape index (κ2) is 5.72. The molecule has 102 valence electrons. The summed E-state index contributed by atoms with van der Waals surface area (Å²) in [5.41, 5.74) is 0. The lowest BCUT2D eigenvalue weighted by molar-refractivity contribution is -0.149. The molecule has 0 aromatic rings. The Labute approximate surface area is 109 Å². The van der Waals surface area contributed by atoms with Crippen molar-refractivity contribution in [1.29, 1.82) is 0 Å². The van der Waals surface area contributed by atoms with Crippen LogP contribution >= 0.6 is 0 Å². The number of hydrogen-bond donors (Lipinski definition) is 1. The Morgan fingerprint density at radius 2 is 1.94 bits per heavy atom. The molecule has 1 saturated heterocycles. The van der Waals surface area contributed by atoms with E-state index in [0.717, 1.165) is 6.42 Å². The molecular formula is C14H24N2O2. The second-order valence-electron chi connectivity index (χ2n) is 5.63. The summed E-state index contributed by atoms with van der Waals surface area (Å²) in [4.78, 5) is 26.0. The van der Waals surface area contributed by atoms with Crippen molar-refractivity contribution in [2.45, 2.75) is 64.5 Å². The quantitative estimate of drug-likeness (QED) is 0.760. The third-order valence-electron chi connectivity index (χ3n) is 4.40. The SMILES string of the molecule is CCC1C(=O)NCC(=O)N1C1CCCCCC1C. The number of rotatable bonds is 2. The topological polar surface area (TPSA) is 49.4 Å². The summed E-state index contributed by atoms with van der Waals surface area (Å²) in [6.07, 6.45) is 6.62. The van der Waals surface area contributed by atoms with E-state index in [1.54, 1.807) is 0 Å². The normalized spacial score (nSPS) is 34.1. The lowest BCUT2D eigenvalue weighted by atomic mass is 9.92. The van der Waals surface area contributed by atoms with E-state index in [9.17, 15) is 9.59 Å². The van der Waals surface area contributed by atoms with Gasteiger partial charge in [0.15, 0.2) is 0 Å². The third kappa shape index (κ3) is 2.52. The molecule has 4 nitrogen and oxygen atoms in total. The van der Waals surface area contributed by atoms with Gasteiger partial charge in [-0.1, -0.05) is 33.1 Å². The molecule has 0 aromatic carbocycles. The first kappa shape index (κ1) is 13.4. The molecule has 2 fully saturated rings. The van der Waals surface area contributed by atoms with Crippen LogP contribution in [0.2, 0.25) is 0 Å². The standard InChI is InChI=1S/C14H24N2O2/c1-3-11-14(18)15-9-13(17)16(11)12-8-6-4-5-7-10(12)2/h10-12H,3-9H2,1-2H3,(H,15,18). The summed E-state index contributed by atoms with van der Waals surface area (Å²) in [5.74, 6) is 0.630. The molecule has 1 saturated carbocycles. The highest BCUT2D eigenvalue weighted by atomic mass is 16.2. The molecule has 2 rings (SSSR count). The van der Waals surface area contributed by atoms with Crippen molar-refractivity contribution in [3.63, 3.8) is 0 Å². The van der Waals surface area contributed by atoms with Crippen LogP contribution in [0, 0.1) is 5.92 Å². The number of carbonyl (C=O) groups is 2. The fourth-order valence-corrected chi connectivity index (χ4v) is 3.36. The number of hydrogen-bond acceptors (Lipinski definition) is 2. The minimum Gasteiger partial charge on any atom is -0.345 e. The lowest BCUT2D eigenvalue weighted by Crippen LogP contribution is -2.62. The second-order valence-corrected chi connectivity index (χ2v) is 5.63. The summed E-state index contributed by atoms with van der Waals surface area (Å²) in [7, 11) is 0. The highest BCUT2D eigenvalue weighted by Gasteiger charge is 2.39. The average Bonchev–Trinajstić information content (AvgIpc) is 2.57. The van der Waals surface area contributed by atoms with Crippen molar-refractivity contribution < 1.29 is 9.59 Å². The molecule has 0 spiro atoms. The number of nitrogens with one attached hydrogen (secondary N) is 1. The van der Waals surface area contributed by atoms with E-state index in [4.69, 9.17) is 0 Å². The van der Waals surface area contributed by atoms with E-state index in [0.29, 0.717) is 12.3 Å². The smallest absolute Gasteiger partial charge is 0.243 e. The van der Waals surface area contributed by atoms with Crippen molar-refractivity contribution >= 4 is 11.8 Å². The molecule has 3 unspecified atom stereocenters. The van der Waals surface area contributed by atoms with Crippen LogP contribution < -0.4 is 5.32 Å². The molecule has 0 radical (unpaired) electrons. The predicted octanol–water partition coefficient (Wildman–Crippen LogP) is 1.69. The molecule has 3 atom stereocenters. The maximum atomic E-state index is 12.2. The Morgan fingerprint density at radius 3 is 2.67 bits per heavy atom. The van der Waals surface area contributed by atoms with E-state index in [1.165, 1.54) is 25.7 Å². The van der Waals surface area contributed by atoms with Gasteiger partial charge in [-0.15, -0.1) is 0 Å². The summed E-state index contributed by atoms with van der Waals surface area (Å²) in [5, 5.41) is 2.70. The highest BCUT2D eigenvalue weighted by Crippen LogP contribution is 2.29. The van der Waals surface area contributed by atoms with Gasteiger partial charge >= 0.3 is 0 Å². The van der Waals surface area contributed by atoms with Crippen molar-refractivity contribution in [3.05, 3.63) is 0 Å². The fraction of sp³-hybridized carbons (Fsp3) is 0.857. The van der Waals surface area contributed by atoms with Crippen LogP contribution in [-0.2, 0) is 9.59 Å². The zero-order valence-corrected chi connectivity index (χ0v) is 11.4. The summed E-state index contributed by atoms with van der Waals surface area (Å²) >= 11 is 0. The molecule has 1 aliphatic carbocycles. The van der Waals surface area contributed by atoms with Gasteiger partial charge in [0.1, 0.15) is 6.04 Å². The maximum absolute atomic E-state index is 12.2. The van der Waals surface area contributed by atoms with Crippen molar-refractivity contribution in [2.75, 3.05) is 6.54 Å². The van der Waals surface area contributed by atoms with Crippen molar-refractivity contribution in [2.24, 2.45) is 5.92 Å². The van der Waals surface area contributed by atoms with Crippen LogP contribution in [0.3, 0.4) is 0 Å². The largest absolute Gasteiger partial charge is 0.345 e. The number of carbonyl (C=O) groups excluding carboxylic acids is 2. The summed E-state index contributed by atoms with van der Waals surface area (Å²) in [6.45, 7) is 4.39. The van der Waals surface area contributed by atoms with Crippen LogP contribution in [0.1, 0.15) is 52.4 Å². The monoisotopic (exact) mass is 252 g/mol. The first-order valence-corrected chi connectivity index (χ1v) is 7.24. The van der Waals surface area contributed by atoms with E-state index in [-0.39, 0.29) is 30.4 Å². The van der Waals surface area contributed by atoms with E-state index in [1.807, 2.05) is 11.8 Å². The molecule has 1 N–H and O–H groups in total. The van der Waals surface area contributed by atoms with Crippen LogP contribution in [-0.4, -0.2) is 35.3 Å². The molecule has 0 bridgehead atoms. The zero-order valence-electron chi connectivity index (χ0n) is 11.4. The minimum atomic E-state index is -0.253. The van der Waals surface area contributed by atoms with Gasteiger partial charge in [-0.2, -0.15) is 0 Å². The Kier molecular flexibility index (Phi) is 4.25. The maximum Gasteiger partial charge on any atom is 0.243 e. The van der Waals surface area contributed by atoms with Gasteiger partial charge in [0.25, 0.3) is 0 Å². The average molecular weight is 252 g/mol. The van der Waals surface area contributed by atoms with Crippen molar-refractivity contribution in [1.82, 2.24) is 10.2 Å². The van der Waals surface area contributed by atoms with Gasteiger partial charge in [0, 0.05) is 6.04 Å². The van der Waals surface area contributed by atoms with Crippen LogP contribution in [0.5, 0.6) is 0 Å². The summed E-state index contributed by atoms with van der Waals surface area (Å²) < 4.78 is 0. The first-order chi connectivity index (χ1) is 8.65. The van der Waals surface area contributed by atoms with Gasteiger partial charge in [0.05, 0.1) is 6.54 Å². The lowest BCUT2D eigenvalue weighted by Gasteiger charge is -2.42. The van der Waals surface area contributed by atoms with Gasteiger partial charge in [0.2, 0.25) is 11.8 Å². The van der Waals surface area contributed by atoms with Gasteiger partial charge in [-0.25, -0.2) is 0 Å². The molecule has 4 heteroatoms. The predicted molar refractivity (Wildman–Crippen MR) is 70.0 cm³/mol. The van der Waals surface area contributed by atoms with Gasteiger partial charge < -0.3 is 10.2 Å². The minimum absolute atomic E-state index is 0.0218. The first-order valence-electron chi connectivity index (χ1n) is 7.24. The van der Waals surface area contributed by atoms with E-state index < -0.39 is 0 Å².